The van der Waals surface area contributed by atoms with Crippen LogP contribution in [0.4, 0.5) is 23.7 Å². The number of benzene rings is 2. The second-order valence-corrected chi connectivity index (χ2v) is 8.62. The third-order valence-electron chi connectivity index (χ3n) is 4.31. The van der Waals surface area contributed by atoms with Gasteiger partial charge in [-0.25, -0.2) is 0 Å². The van der Waals surface area contributed by atoms with E-state index >= 15 is 0 Å². The molecule has 2 aromatic carbocycles. The van der Waals surface area contributed by atoms with Crippen molar-refractivity contribution >= 4 is 63.8 Å². The minimum Gasteiger partial charge on any atom is -0.486 e. The Morgan fingerprint density at radius 1 is 1.18 bits per heavy atom. The first-order valence-electron chi connectivity index (χ1n) is 9.45. The number of hydrogen-bond acceptors (Lipinski definition) is 5. The van der Waals surface area contributed by atoms with Crippen LogP contribution in [0.5, 0.6) is 5.75 Å². The molecule has 0 bridgehead atoms. The Hall–Kier alpha value is -2.95. The summed E-state index contributed by atoms with van der Waals surface area (Å²) in [5.74, 6) is -1.34. The fraction of sp³-hybridized carbons (Fsp3) is 0.136. The number of anilines is 1. The number of carbonyl (C=O) groups excluding carboxylic acids is 3. The topological polar surface area (TPSA) is 75.7 Å². The third-order valence-corrected chi connectivity index (χ3v) is 5.78. The molecule has 34 heavy (non-hydrogen) atoms. The first-order valence-corrected chi connectivity index (χ1v) is 11.0. The highest BCUT2D eigenvalue weighted by Gasteiger charge is 2.36. The molecule has 1 fully saturated rings. The second kappa shape index (κ2) is 10.5. The Balaban J connectivity index is 1.72. The van der Waals surface area contributed by atoms with Crippen molar-refractivity contribution in [3.05, 3.63) is 75.1 Å². The second-order valence-electron chi connectivity index (χ2n) is 6.81. The van der Waals surface area contributed by atoms with Gasteiger partial charge in [0.1, 0.15) is 13.2 Å². The van der Waals surface area contributed by atoms with E-state index in [2.05, 4.69) is 11.9 Å². The number of ether oxygens (including phenoxy) is 1. The highest BCUT2D eigenvalue weighted by Crippen LogP contribution is 2.37. The molecule has 0 atom stereocenters. The van der Waals surface area contributed by atoms with Crippen molar-refractivity contribution in [2.75, 3.05) is 18.5 Å². The zero-order valence-corrected chi connectivity index (χ0v) is 19.4. The summed E-state index contributed by atoms with van der Waals surface area (Å²) in [5.41, 5.74) is -0.650. The molecule has 0 unspecified atom stereocenters. The van der Waals surface area contributed by atoms with Gasteiger partial charge in [0, 0.05) is 5.69 Å². The number of imide groups is 1. The monoisotopic (exact) mass is 530 g/mol. The van der Waals surface area contributed by atoms with Gasteiger partial charge in [0.25, 0.3) is 11.1 Å². The van der Waals surface area contributed by atoms with E-state index in [0.29, 0.717) is 22.2 Å². The summed E-state index contributed by atoms with van der Waals surface area (Å²) < 4.78 is 43.9. The van der Waals surface area contributed by atoms with E-state index < -0.39 is 35.3 Å². The van der Waals surface area contributed by atoms with E-state index in [1.165, 1.54) is 30.4 Å². The van der Waals surface area contributed by atoms with Crippen molar-refractivity contribution in [2.45, 2.75) is 6.18 Å². The molecule has 178 valence electrons. The van der Waals surface area contributed by atoms with E-state index in [4.69, 9.17) is 27.9 Å². The standard InChI is InChI=1S/C22H15Cl2F3N2O4S/c1-2-6-33-19-15(23)7-12(8-16(19)24)9-17-20(31)29(21(32)34-17)11-18(30)28-14-5-3-4-13(10-14)22(25,26)27/h2-5,7-10H,1,6,11H2,(H,28,30)/b17-9-. The Kier molecular flexibility index (Phi) is 7.96. The molecule has 2 aromatic rings. The number of halogens is 5. The molecule has 12 heteroatoms. The summed E-state index contributed by atoms with van der Waals surface area (Å²) >= 11 is 12.9. The summed E-state index contributed by atoms with van der Waals surface area (Å²) in [6.45, 7) is 3.04. The van der Waals surface area contributed by atoms with E-state index in [1.54, 1.807) is 0 Å². The number of hydrogen-bond donors (Lipinski definition) is 1. The van der Waals surface area contributed by atoms with Gasteiger partial charge in [-0.15, -0.1) is 0 Å². The number of rotatable bonds is 7. The van der Waals surface area contributed by atoms with Crippen LogP contribution < -0.4 is 10.1 Å². The summed E-state index contributed by atoms with van der Waals surface area (Å²) in [6, 6.07) is 6.97. The van der Waals surface area contributed by atoms with Gasteiger partial charge in [-0.1, -0.05) is 41.9 Å². The van der Waals surface area contributed by atoms with Gasteiger partial charge in [-0.3, -0.25) is 19.3 Å². The van der Waals surface area contributed by atoms with Crippen LogP contribution in [0, 0.1) is 0 Å². The zero-order chi connectivity index (χ0) is 25.0. The van der Waals surface area contributed by atoms with E-state index in [-0.39, 0.29) is 33.0 Å². The van der Waals surface area contributed by atoms with Crippen molar-refractivity contribution in [1.82, 2.24) is 4.90 Å². The predicted molar refractivity (Wildman–Crippen MR) is 125 cm³/mol. The number of amides is 3. The van der Waals surface area contributed by atoms with E-state index in [1.807, 2.05) is 0 Å². The highest BCUT2D eigenvalue weighted by molar-refractivity contribution is 8.18. The predicted octanol–water partition coefficient (Wildman–Crippen LogP) is 6.25. The molecule has 0 aliphatic carbocycles. The lowest BCUT2D eigenvalue weighted by Gasteiger charge is -2.13. The van der Waals surface area contributed by atoms with Crippen LogP contribution in [0.3, 0.4) is 0 Å². The molecule has 0 spiro atoms. The van der Waals surface area contributed by atoms with Crippen LogP contribution in [0.2, 0.25) is 10.0 Å². The summed E-state index contributed by atoms with van der Waals surface area (Å²) in [5, 5.41) is 1.91. The van der Waals surface area contributed by atoms with Gasteiger partial charge in [-0.05, 0) is 53.7 Å². The van der Waals surface area contributed by atoms with Crippen molar-refractivity contribution in [3.63, 3.8) is 0 Å². The maximum absolute atomic E-state index is 12.8. The number of nitrogens with zero attached hydrogens (tertiary/aromatic N) is 1. The number of nitrogens with one attached hydrogen (secondary N) is 1. The molecule has 0 aromatic heterocycles. The molecule has 6 nitrogen and oxygen atoms in total. The Morgan fingerprint density at radius 2 is 1.85 bits per heavy atom. The lowest BCUT2D eigenvalue weighted by atomic mass is 10.2. The van der Waals surface area contributed by atoms with Gasteiger partial charge in [0.2, 0.25) is 5.91 Å². The molecule has 3 rings (SSSR count). The Labute approximate surface area is 206 Å². The van der Waals surface area contributed by atoms with Gasteiger partial charge in [-0.2, -0.15) is 13.2 Å². The molecular weight excluding hydrogens is 516 g/mol. The first-order chi connectivity index (χ1) is 16.0. The highest BCUT2D eigenvalue weighted by atomic mass is 35.5. The van der Waals surface area contributed by atoms with Crippen molar-refractivity contribution < 1.29 is 32.3 Å². The molecular formula is C22H15Cl2F3N2O4S. The minimum atomic E-state index is -4.58. The SMILES string of the molecule is C=CCOc1c(Cl)cc(/C=C2\SC(=O)N(CC(=O)Nc3cccc(C(F)(F)F)c3)C2=O)cc1Cl. The quantitative estimate of drug-likeness (QED) is 0.338. The maximum Gasteiger partial charge on any atom is 0.416 e. The fourth-order valence-corrected chi connectivity index (χ4v) is 4.30. The van der Waals surface area contributed by atoms with E-state index in [9.17, 15) is 27.6 Å². The van der Waals surface area contributed by atoms with Crippen LogP contribution in [0.25, 0.3) is 6.08 Å². The maximum atomic E-state index is 12.8. The number of alkyl halides is 3. The third kappa shape index (κ3) is 6.13. The van der Waals surface area contributed by atoms with Gasteiger partial charge < -0.3 is 10.1 Å². The molecule has 1 saturated heterocycles. The van der Waals surface area contributed by atoms with Crippen LogP contribution in [0.1, 0.15) is 11.1 Å². The van der Waals surface area contributed by atoms with Crippen LogP contribution in [-0.2, 0) is 15.8 Å². The summed E-state index contributed by atoms with van der Waals surface area (Å²) in [7, 11) is 0. The van der Waals surface area contributed by atoms with Crippen molar-refractivity contribution in [2.24, 2.45) is 0 Å². The lowest BCUT2D eigenvalue weighted by Crippen LogP contribution is -2.36. The van der Waals surface area contributed by atoms with Crippen LogP contribution in [0.15, 0.2) is 54.0 Å². The summed E-state index contributed by atoms with van der Waals surface area (Å²) in [4.78, 5) is 37.9. The molecule has 0 saturated carbocycles. The fourth-order valence-electron chi connectivity index (χ4n) is 2.85. The molecule has 1 N–H and O–H groups in total. The smallest absolute Gasteiger partial charge is 0.416 e. The first kappa shape index (κ1) is 25.7. The zero-order valence-electron chi connectivity index (χ0n) is 17.1. The normalized spacial score (nSPS) is 15.1. The molecule has 1 aliphatic rings. The molecule has 1 heterocycles. The van der Waals surface area contributed by atoms with Gasteiger partial charge in [0.15, 0.2) is 5.75 Å². The largest absolute Gasteiger partial charge is 0.486 e. The van der Waals surface area contributed by atoms with E-state index in [0.717, 1.165) is 18.2 Å². The summed E-state index contributed by atoms with van der Waals surface area (Å²) in [6.07, 6.45) is -1.69. The molecule has 0 radical (unpaired) electrons. The van der Waals surface area contributed by atoms with Crippen LogP contribution >= 0.6 is 35.0 Å². The Morgan fingerprint density at radius 3 is 2.47 bits per heavy atom. The van der Waals surface area contributed by atoms with Crippen molar-refractivity contribution in [3.8, 4) is 5.75 Å². The van der Waals surface area contributed by atoms with Crippen LogP contribution in [-0.4, -0.2) is 35.1 Å². The molecule has 3 amide bonds. The Bertz CT molecular complexity index is 1180. The average molecular weight is 531 g/mol. The minimum absolute atomic E-state index is 0.0174. The van der Waals surface area contributed by atoms with Gasteiger partial charge >= 0.3 is 6.18 Å². The van der Waals surface area contributed by atoms with Crippen molar-refractivity contribution in [1.29, 1.82) is 0 Å². The van der Waals surface area contributed by atoms with Gasteiger partial charge in [0.05, 0.1) is 20.5 Å². The lowest BCUT2D eigenvalue weighted by molar-refractivity contribution is -0.137. The molecule has 1 aliphatic heterocycles. The number of carbonyl (C=O) groups is 3. The number of thioether (sulfide) groups is 1. The average Bonchev–Trinajstić information content (AvgIpc) is 3.00.